The van der Waals surface area contributed by atoms with Crippen molar-refractivity contribution in [2.75, 3.05) is 7.11 Å². The zero-order valence-electron chi connectivity index (χ0n) is 7.39. The second kappa shape index (κ2) is 3.42. The van der Waals surface area contributed by atoms with Crippen LogP contribution in [0.1, 0.15) is 0 Å². The van der Waals surface area contributed by atoms with Crippen molar-refractivity contribution in [3.63, 3.8) is 0 Å². The Bertz CT molecular complexity index is 395. The quantitative estimate of drug-likeness (QED) is 0.602. The van der Waals surface area contributed by atoms with E-state index in [-0.39, 0.29) is 11.8 Å². The van der Waals surface area contributed by atoms with Crippen LogP contribution in [-0.2, 0) is 14.3 Å². The average Bonchev–Trinajstić information content (AvgIpc) is 2.62. The van der Waals surface area contributed by atoms with Gasteiger partial charge in [-0.3, -0.25) is 4.79 Å². The summed E-state index contributed by atoms with van der Waals surface area (Å²) in [6, 6.07) is 0. The molecule has 0 aliphatic carbocycles. The van der Waals surface area contributed by atoms with Crippen LogP contribution in [0, 0.1) is 5.92 Å². The Hall–Kier alpha value is -1.36. The van der Waals surface area contributed by atoms with Gasteiger partial charge < -0.3 is 4.74 Å². The van der Waals surface area contributed by atoms with Crippen molar-refractivity contribution in [3.05, 3.63) is 22.0 Å². The number of amides is 1. The van der Waals surface area contributed by atoms with E-state index < -0.39 is 5.97 Å². The van der Waals surface area contributed by atoms with Crippen molar-refractivity contribution in [1.82, 2.24) is 0 Å². The van der Waals surface area contributed by atoms with Crippen LogP contribution in [0.3, 0.4) is 0 Å². The van der Waals surface area contributed by atoms with Crippen LogP contribution in [0.4, 0.5) is 0 Å². The molecule has 14 heavy (non-hydrogen) atoms. The maximum Gasteiger partial charge on any atom is 0.344 e. The molecular formula is C9H7NO3S. The van der Waals surface area contributed by atoms with Crippen LogP contribution in [0.25, 0.3) is 0 Å². The number of esters is 1. The van der Waals surface area contributed by atoms with Crippen LogP contribution in [-0.4, -0.2) is 25.2 Å². The molecule has 4 nitrogen and oxygen atoms in total. The molecule has 1 atom stereocenters. The van der Waals surface area contributed by atoms with Crippen molar-refractivity contribution < 1.29 is 14.3 Å². The summed E-state index contributed by atoms with van der Waals surface area (Å²) in [5, 5.41) is 0. The fourth-order valence-corrected chi connectivity index (χ4v) is 2.31. The van der Waals surface area contributed by atoms with Crippen molar-refractivity contribution in [1.29, 1.82) is 0 Å². The Labute approximate surface area is 84.7 Å². The zero-order valence-corrected chi connectivity index (χ0v) is 8.21. The average molecular weight is 209 g/mol. The highest BCUT2D eigenvalue weighted by Crippen LogP contribution is 2.41. The van der Waals surface area contributed by atoms with E-state index in [9.17, 15) is 9.59 Å². The van der Waals surface area contributed by atoms with E-state index in [0.29, 0.717) is 4.91 Å². The first-order chi connectivity index (χ1) is 6.72. The number of hydrogen-bond acceptors (Lipinski definition) is 4. The molecule has 1 amide bonds. The number of hydrogen-bond donors (Lipinski definition) is 0. The standard InChI is InChI=1S/C9H7NO3S/c1-13-9(12)7-4-5-6(14-7)2-3-10-8(5)11/h2-5H,1H3. The molecule has 0 aromatic carbocycles. The summed E-state index contributed by atoms with van der Waals surface area (Å²) in [7, 11) is 1.32. The second-order valence-corrected chi connectivity index (χ2v) is 3.90. The maximum atomic E-state index is 11.3. The summed E-state index contributed by atoms with van der Waals surface area (Å²) in [6.45, 7) is 0. The Morgan fingerprint density at radius 3 is 3.07 bits per heavy atom. The first kappa shape index (κ1) is 9.21. The molecule has 2 aliphatic heterocycles. The Balaban J connectivity index is 2.26. The fourth-order valence-electron chi connectivity index (χ4n) is 1.26. The molecule has 0 aromatic heterocycles. The van der Waals surface area contributed by atoms with Gasteiger partial charge in [0.15, 0.2) is 0 Å². The minimum absolute atomic E-state index is 0.228. The molecule has 0 bridgehead atoms. The molecule has 0 radical (unpaired) electrons. The smallest absolute Gasteiger partial charge is 0.344 e. The van der Waals surface area contributed by atoms with Gasteiger partial charge in [0.25, 0.3) is 5.91 Å². The molecule has 0 aromatic rings. The van der Waals surface area contributed by atoms with Gasteiger partial charge in [-0.05, 0) is 12.2 Å². The number of carbonyl (C=O) groups is 2. The largest absolute Gasteiger partial charge is 0.465 e. The summed E-state index contributed by atoms with van der Waals surface area (Å²) >= 11 is 1.27. The number of carbonyl (C=O) groups excluding carboxylic acids is 2. The van der Waals surface area contributed by atoms with Gasteiger partial charge in [-0.1, -0.05) is 11.8 Å². The molecule has 0 spiro atoms. The van der Waals surface area contributed by atoms with E-state index in [1.165, 1.54) is 25.1 Å². The third-order valence-corrected chi connectivity index (χ3v) is 3.09. The number of ether oxygens (including phenoxy) is 1. The lowest BCUT2D eigenvalue weighted by molar-refractivity contribution is -0.135. The van der Waals surface area contributed by atoms with Gasteiger partial charge in [-0.15, -0.1) is 0 Å². The number of rotatable bonds is 1. The molecule has 1 unspecified atom stereocenters. The number of methoxy groups -OCH3 is 1. The minimum Gasteiger partial charge on any atom is -0.465 e. The normalized spacial score (nSPS) is 24.1. The second-order valence-electron chi connectivity index (χ2n) is 2.79. The Morgan fingerprint density at radius 1 is 1.64 bits per heavy atom. The number of thioether (sulfide) groups is 1. The Morgan fingerprint density at radius 2 is 2.43 bits per heavy atom. The van der Waals surface area contributed by atoms with Gasteiger partial charge in [0.2, 0.25) is 0 Å². The minimum atomic E-state index is -0.405. The topological polar surface area (TPSA) is 55.7 Å². The number of allylic oxidation sites excluding steroid dienone is 1. The van der Waals surface area contributed by atoms with Gasteiger partial charge >= 0.3 is 5.97 Å². The van der Waals surface area contributed by atoms with Crippen molar-refractivity contribution >= 4 is 29.9 Å². The monoisotopic (exact) mass is 209 g/mol. The molecule has 0 saturated heterocycles. The van der Waals surface area contributed by atoms with E-state index >= 15 is 0 Å². The van der Waals surface area contributed by atoms with Crippen LogP contribution in [0.15, 0.2) is 27.0 Å². The number of fused-ring (bicyclic) bond motifs is 1. The predicted molar refractivity (Wildman–Crippen MR) is 52.8 cm³/mol. The lowest BCUT2D eigenvalue weighted by Crippen LogP contribution is -2.11. The summed E-state index contributed by atoms with van der Waals surface area (Å²) in [4.78, 5) is 27.4. The summed E-state index contributed by atoms with van der Waals surface area (Å²) < 4.78 is 4.57. The maximum absolute atomic E-state index is 11.3. The van der Waals surface area contributed by atoms with E-state index in [0.717, 1.165) is 4.91 Å². The van der Waals surface area contributed by atoms with E-state index in [1.54, 1.807) is 12.2 Å². The first-order valence-corrected chi connectivity index (χ1v) is 4.80. The fraction of sp³-hybridized carbons (Fsp3) is 0.222. The van der Waals surface area contributed by atoms with Crippen LogP contribution in [0.5, 0.6) is 0 Å². The lowest BCUT2D eigenvalue weighted by Gasteiger charge is -2.07. The number of aliphatic imine (C=N–C) groups is 1. The lowest BCUT2D eigenvalue weighted by atomic mass is 10.1. The third kappa shape index (κ3) is 1.39. The highest BCUT2D eigenvalue weighted by Gasteiger charge is 2.32. The zero-order chi connectivity index (χ0) is 10.1. The molecule has 0 N–H and O–H groups in total. The Kier molecular flexibility index (Phi) is 2.25. The number of nitrogens with zero attached hydrogens (tertiary/aromatic N) is 1. The van der Waals surface area contributed by atoms with Gasteiger partial charge in [-0.25, -0.2) is 9.79 Å². The predicted octanol–water partition coefficient (Wildman–Crippen LogP) is 0.901. The van der Waals surface area contributed by atoms with Crippen LogP contribution >= 0.6 is 11.8 Å². The highest BCUT2D eigenvalue weighted by molar-refractivity contribution is 8.08. The van der Waals surface area contributed by atoms with Gasteiger partial charge in [0.05, 0.1) is 17.9 Å². The van der Waals surface area contributed by atoms with E-state index in [2.05, 4.69) is 9.73 Å². The highest BCUT2D eigenvalue weighted by atomic mass is 32.2. The van der Waals surface area contributed by atoms with Crippen molar-refractivity contribution in [3.8, 4) is 0 Å². The summed E-state index contributed by atoms with van der Waals surface area (Å²) in [5.74, 6) is -1.01. The van der Waals surface area contributed by atoms with Gasteiger partial charge in [0, 0.05) is 11.1 Å². The molecule has 72 valence electrons. The van der Waals surface area contributed by atoms with Gasteiger partial charge in [0.1, 0.15) is 0 Å². The summed E-state index contributed by atoms with van der Waals surface area (Å²) in [6.07, 6.45) is 4.79. The number of dihydropyridines is 1. The van der Waals surface area contributed by atoms with E-state index in [4.69, 9.17) is 0 Å². The summed E-state index contributed by atoms with van der Waals surface area (Å²) in [5.41, 5.74) is 0. The third-order valence-electron chi connectivity index (χ3n) is 1.95. The van der Waals surface area contributed by atoms with Crippen LogP contribution in [0.2, 0.25) is 0 Å². The van der Waals surface area contributed by atoms with Crippen LogP contribution < -0.4 is 0 Å². The molecule has 2 rings (SSSR count). The van der Waals surface area contributed by atoms with Crippen molar-refractivity contribution in [2.45, 2.75) is 0 Å². The molecule has 2 heterocycles. The van der Waals surface area contributed by atoms with Crippen molar-refractivity contribution in [2.24, 2.45) is 10.9 Å². The molecule has 2 aliphatic rings. The van der Waals surface area contributed by atoms with Gasteiger partial charge in [-0.2, -0.15) is 0 Å². The van der Waals surface area contributed by atoms with E-state index in [1.807, 2.05) is 0 Å². The SMILES string of the molecule is COC(=O)C1=CC2C(=O)N=CC=C2S1. The molecule has 0 saturated carbocycles. The molecule has 5 heteroatoms. The molecular weight excluding hydrogens is 202 g/mol. The molecule has 0 fully saturated rings. The first-order valence-electron chi connectivity index (χ1n) is 3.98.